The molecule has 5 nitrogen and oxygen atoms in total. The maximum absolute atomic E-state index is 13.6. The van der Waals surface area contributed by atoms with Crippen molar-refractivity contribution >= 4 is 17.2 Å². The molecule has 0 saturated carbocycles. The normalized spacial score (nSPS) is 18.7. The minimum absolute atomic E-state index is 0.0287. The fourth-order valence-corrected chi connectivity index (χ4v) is 6.53. The average molecular weight is 612 g/mol. The summed E-state index contributed by atoms with van der Waals surface area (Å²) < 4.78 is 81.0. The number of carbonyl (C=O) groups is 1. The quantitative estimate of drug-likeness (QED) is 0.336. The second-order valence-electron chi connectivity index (χ2n) is 11.0. The number of carbonyl (C=O) groups excluding carboxylic acids is 1. The summed E-state index contributed by atoms with van der Waals surface area (Å²) >= 11 is 1.76. The molecule has 1 saturated heterocycles. The number of nitrogens with zero attached hydrogens (tertiary/aromatic N) is 3. The number of hydrogen-bond donors (Lipinski definition) is 1. The molecule has 2 aromatic carbocycles. The molecule has 1 amide bonds. The first kappa shape index (κ1) is 30.4. The largest absolute Gasteiger partial charge is 0.508 e. The van der Waals surface area contributed by atoms with Crippen molar-refractivity contribution in [3.63, 3.8) is 0 Å². The first-order valence-corrected chi connectivity index (χ1v) is 14.5. The number of amides is 1. The van der Waals surface area contributed by atoms with Crippen molar-refractivity contribution in [2.45, 2.75) is 44.7 Å². The zero-order valence-corrected chi connectivity index (χ0v) is 23.7. The second-order valence-corrected chi connectivity index (χ2v) is 12.0. The Morgan fingerprint density at radius 3 is 2.29 bits per heavy atom. The van der Waals surface area contributed by atoms with Crippen molar-refractivity contribution in [1.82, 2.24) is 14.7 Å². The number of rotatable bonds is 6. The summed E-state index contributed by atoms with van der Waals surface area (Å²) in [6.45, 7) is 6.02. The highest BCUT2D eigenvalue weighted by molar-refractivity contribution is 7.10. The number of alkyl halides is 6. The van der Waals surface area contributed by atoms with Crippen LogP contribution >= 0.6 is 11.3 Å². The number of aryl methyl sites for hydroxylation is 1. The van der Waals surface area contributed by atoms with Gasteiger partial charge in [-0.1, -0.05) is 12.1 Å². The van der Waals surface area contributed by atoms with Gasteiger partial charge in [-0.2, -0.15) is 26.3 Å². The Balaban J connectivity index is 1.37. The monoisotopic (exact) mass is 611 g/mol. The molecule has 0 bridgehead atoms. The molecule has 1 fully saturated rings. The van der Waals surface area contributed by atoms with Gasteiger partial charge in [-0.15, -0.1) is 11.3 Å². The summed E-state index contributed by atoms with van der Waals surface area (Å²) in [6.07, 6.45) is -8.83. The summed E-state index contributed by atoms with van der Waals surface area (Å²) in [5, 5.41) is 12.3. The first-order valence-electron chi connectivity index (χ1n) is 13.7. The lowest BCUT2D eigenvalue weighted by Crippen LogP contribution is -2.57. The summed E-state index contributed by atoms with van der Waals surface area (Å²) in [5.41, 5.74) is -0.982. The van der Waals surface area contributed by atoms with Gasteiger partial charge in [-0.25, -0.2) is 0 Å². The topological polar surface area (TPSA) is 47.0 Å². The number of thiophene rings is 1. The zero-order chi connectivity index (χ0) is 30.2. The van der Waals surface area contributed by atoms with Gasteiger partial charge in [0.05, 0.1) is 11.1 Å². The highest BCUT2D eigenvalue weighted by Gasteiger charge is 2.39. The molecule has 3 heterocycles. The Hall–Kier alpha value is -3.09. The van der Waals surface area contributed by atoms with E-state index in [-0.39, 0.29) is 24.8 Å². The molecule has 1 atom stereocenters. The Bertz CT molecular complexity index is 1400. The first-order chi connectivity index (χ1) is 19.8. The fourth-order valence-electron chi connectivity index (χ4n) is 5.64. The Morgan fingerprint density at radius 2 is 1.62 bits per heavy atom. The lowest BCUT2D eigenvalue weighted by molar-refractivity contribution is -0.143. The molecule has 0 radical (unpaired) electrons. The molecule has 0 aliphatic carbocycles. The van der Waals surface area contributed by atoms with E-state index in [1.807, 2.05) is 0 Å². The van der Waals surface area contributed by atoms with Gasteiger partial charge in [0.2, 0.25) is 0 Å². The number of hydrogen-bond acceptors (Lipinski definition) is 5. The maximum Gasteiger partial charge on any atom is 0.416 e. The van der Waals surface area contributed by atoms with Crippen LogP contribution < -0.4 is 0 Å². The third-order valence-electron chi connectivity index (χ3n) is 8.03. The molecule has 3 aromatic rings. The molecule has 2 aliphatic rings. The van der Waals surface area contributed by atoms with E-state index in [4.69, 9.17) is 0 Å². The van der Waals surface area contributed by atoms with Gasteiger partial charge < -0.3 is 10.0 Å². The molecule has 1 N–H and O–H groups in total. The van der Waals surface area contributed by atoms with Crippen LogP contribution in [0, 0.1) is 6.92 Å². The summed E-state index contributed by atoms with van der Waals surface area (Å²) in [4.78, 5) is 20.9. The number of phenols is 1. The number of phenolic OH excluding ortho intramolecular Hbond substituents is 1. The van der Waals surface area contributed by atoms with E-state index in [0.29, 0.717) is 42.9 Å². The van der Waals surface area contributed by atoms with Gasteiger partial charge in [0.15, 0.2) is 0 Å². The van der Waals surface area contributed by atoms with Crippen LogP contribution in [0.15, 0.2) is 47.8 Å². The van der Waals surface area contributed by atoms with E-state index < -0.39 is 41.0 Å². The fraction of sp³-hybridized carbons (Fsp3) is 0.433. The van der Waals surface area contributed by atoms with Gasteiger partial charge in [-0.05, 0) is 72.2 Å². The van der Waals surface area contributed by atoms with Crippen molar-refractivity contribution in [3.8, 4) is 5.75 Å². The number of fused-ring (bicyclic) bond motifs is 1. The molecular formula is C30H31F6N3O2S. The molecule has 1 aromatic heterocycles. The summed E-state index contributed by atoms with van der Waals surface area (Å²) in [6, 6.07) is 7.74. The summed E-state index contributed by atoms with van der Waals surface area (Å²) in [7, 11) is 0. The predicted octanol–water partition coefficient (Wildman–Crippen LogP) is 6.23. The minimum atomic E-state index is -5.05. The molecule has 226 valence electrons. The Morgan fingerprint density at radius 1 is 0.929 bits per heavy atom. The molecular weight excluding hydrogens is 580 g/mol. The number of aromatic hydroxyl groups is 1. The molecule has 12 heteroatoms. The van der Waals surface area contributed by atoms with Crippen LogP contribution in [0.5, 0.6) is 5.75 Å². The maximum atomic E-state index is 13.6. The number of piperazine rings is 1. The van der Waals surface area contributed by atoms with Gasteiger partial charge >= 0.3 is 12.4 Å². The van der Waals surface area contributed by atoms with Gasteiger partial charge in [0, 0.05) is 62.3 Å². The third-order valence-corrected chi connectivity index (χ3v) is 9.05. The molecule has 0 spiro atoms. The van der Waals surface area contributed by atoms with Gasteiger partial charge in [0.25, 0.3) is 5.91 Å². The van der Waals surface area contributed by atoms with Crippen LogP contribution in [-0.4, -0.2) is 71.0 Å². The van der Waals surface area contributed by atoms with E-state index in [1.165, 1.54) is 15.3 Å². The highest BCUT2D eigenvalue weighted by Crippen LogP contribution is 2.37. The van der Waals surface area contributed by atoms with Crippen molar-refractivity contribution < 1.29 is 36.2 Å². The SMILES string of the molecule is Cc1ccc(C[C@@H]2CN(CCN3CCc4sccc4C3)CCN2C(=O)c2cc(C(F)(F)F)cc(C(F)(F)F)c2)cc1O. The second kappa shape index (κ2) is 11.9. The Kier molecular flexibility index (Phi) is 8.60. The zero-order valence-electron chi connectivity index (χ0n) is 22.9. The van der Waals surface area contributed by atoms with Crippen molar-refractivity contribution in [1.29, 1.82) is 0 Å². The van der Waals surface area contributed by atoms with E-state index in [2.05, 4.69) is 21.2 Å². The van der Waals surface area contributed by atoms with E-state index >= 15 is 0 Å². The van der Waals surface area contributed by atoms with Crippen molar-refractivity contribution in [2.24, 2.45) is 0 Å². The minimum Gasteiger partial charge on any atom is -0.508 e. The van der Waals surface area contributed by atoms with E-state index in [9.17, 15) is 36.2 Å². The molecule has 5 rings (SSSR count). The third kappa shape index (κ3) is 6.92. The van der Waals surface area contributed by atoms with Crippen molar-refractivity contribution in [2.75, 3.05) is 39.3 Å². The average Bonchev–Trinajstić information content (AvgIpc) is 3.40. The molecule has 42 heavy (non-hydrogen) atoms. The van der Waals surface area contributed by atoms with Crippen LogP contribution in [0.4, 0.5) is 26.3 Å². The van der Waals surface area contributed by atoms with Crippen LogP contribution in [0.2, 0.25) is 0 Å². The summed E-state index contributed by atoms with van der Waals surface area (Å²) in [5.74, 6) is -0.808. The van der Waals surface area contributed by atoms with Crippen LogP contribution in [0.1, 0.15) is 43.1 Å². The lowest BCUT2D eigenvalue weighted by atomic mass is 9.98. The number of benzene rings is 2. The van der Waals surface area contributed by atoms with E-state index in [0.717, 1.165) is 26.1 Å². The van der Waals surface area contributed by atoms with Gasteiger partial charge in [-0.3, -0.25) is 14.6 Å². The lowest BCUT2D eigenvalue weighted by Gasteiger charge is -2.42. The van der Waals surface area contributed by atoms with Crippen LogP contribution in [0.3, 0.4) is 0 Å². The van der Waals surface area contributed by atoms with Crippen molar-refractivity contribution in [3.05, 3.63) is 86.1 Å². The number of halogens is 6. The molecule has 2 aliphatic heterocycles. The highest BCUT2D eigenvalue weighted by atomic mass is 32.1. The molecule has 0 unspecified atom stereocenters. The van der Waals surface area contributed by atoms with Crippen LogP contribution in [-0.2, 0) is 31.7 Å². The standard InChI is InChI=1S/C30H31F6N3O2S/c1-19-2-3-20(13-26(19)40)12-25-18-38(8-7-37-6-4-27-21(17-37)5-11-42-27)9-10-39(25)28(41)22-14-23(29(31,32)33)16-24(15-22)30(34,35)36/h2-3,5,11,13-16,25,40H,4,6-10,12,17-18H2,1H3/t25-/m1/s1. The smallest absolute Gasteiger partial charge is 0.416 e. The van der Waals surface area contributed by atoms with E-state index in [1.54, 1.807) is 36.5 Å². The Labute approximate surface area is 244 Å². The van der Waals surface area contributed by atoms with Crippen LogP contribution in [0.25, 0.3) is 0 Å². The predicted molar refractivity (Wildman–Crippen MR) is 148 cm³/mol. The van der Waals surface area contributed by atoms with Gasteiger partial charge in [0.1, 0.15) is 5.75 Å².